The average molecular weight is 223 g/mol. The first-order valence-corrected chi connectivity index (χ1v) is 6.13. The molecule has 0 saturated carbocycles. The van der Waals surface area contributed by atoms with Gasteiger partial charge in [0.1, 0.15) is 0 Å². The van der Waals surface area contributed by atoms with Crippen LogP contribution in [-0.4, -0.2) is 44.6 Å². The zero-order valence-electron chi connectivity index (χ0n) is 8.82. The largest absolute Gasteiger partial charge is 0.469 e. The highest BCUT2D eigenvalue weighted by molar-refractivity contribution is 7.89. The Bertz CT molecular complexity index is 273. The van der Waals surface area contributed by atoms with Crippen molar-refractivity contribution in [1.82, 2.24) is 4.31 Å². The molecule has 0 aliphatic carbocycles. The molecule has 0 fully saturated rings. The monoisotopic (exact) mass is 223 g/mol. The zero-order valence-corrected chi connectivity index (χ0v) is 9.63. The highest BCUT2D eigenvalue weighted by Crippen LogP contribution is 2.02. The number of ether oxygens (including phenoxy) is 1. The topological polar surface area (TPSA) is 63.7 Å². The Labute approximate surface area is 85.1 Å². The number of sulfonamides is 1. The smallest absolute Gasteiger partial charge is 0.306 e. The molecule has 0 amide bonds. The van der Waals surface area contributed by atoms with Gasteiger partial charge in [-0.3, -0.25) is 4.79 Å². The minimum atomic E-state index is -3.19. The van der Waals surface area contributed by atoms with Gasteiger partial charge in [-0.05, 0) is 6.92 Å². The van der Waals surface area contributed by atoms with Crippen molar-refractivity contribution in [2.24, 2.45) is 0 Å². The van der Waals surface area contributed by atoms with Crippen LogP contribution in [0, 0.1) is 0 Å². The molecule has 14 heavy (non-hydrogen) atoms. The van der Waals surface area contributed by atoms with Gasteiger partial charge in [0.05, 0.1) is 19.3 Å². The van der Waals surface area contributed by atoms with Crippen LogP contribution in [0.15, 0.2) is 0 Å². The van der Waals surface area contributed by atoms with Crippen LogP contribution in [0.5, 0.6) is 0 Å². The maximum absolute atomic E-state index is 11.4. The molecule has 0 N–H and O–H groups in total. The van der Waals surface area contributed by atoms with Gasteiger partial charge in [-0.1, -0.05) is 6.92 Å². The first-order chi connectivity index (χ1) is 6.47. The third-order valence-electron chi connectivity index (χ3n) is 1.90. The summed E-state index contributed by atoms with van der Waals surface area (Å²) in [4.78, 5) is 10.8. The van der Waals surface area contributed by atoms with Gasteiger partial charge in [0.15, 0.2) is 0 Å². The standard InChI is InChI=1S/C8H17NO4S/c1-4-9(14(11,12)5-2)7-6-8(10)13-3/h4-7H2,1-3H3. The van der Waals surface area contributed by atoms with E-state index in [0.717, 1.165) is 0 Å². The summed E-state index contributed by atoms with van der Waals surface area (Å²) in [7, 11) is -1.90. The van der Waals surface area contributed by atoms with E-state index in [0.29, 0.717) is 6.54 Å². The molecule has 6 heteroatoms. The molecule has 0 saturated heterocycles. The summed E-state index contributed by atoms with van der Waals surface area (Å²) in [6.45, 7) is 3.90. The summed E-state index contributed by atoms with van der Waals surface area (Å²) in [5.41, 5.74) is 0. The van der Waals surface area contributed by atoms with E-state index in [1.807, 2.05) is 0 Å². The van der Waals surface area contributed by atoms with Crippen molar-refractivity contribution in [1.29, 1.82) is 0 Å². The molecule has 0 atom stereocenters. The van der Waals surface area contributed by atoms with Gasteiger partial charge in [-0.2, -0.15) is 0 Å². The number of hydrogen-bond acceptors (Lipinski definition) is 4. The van der Waals surface area contributed by atoms with E-state index < -0.39 is 16.0 Å². The van der Waals surface area contributed by atoms with E-state index >= 15 is 0 Å². The Hall–Kier alpha value is -0.620. The van der Waals surface area contributed by atoms with Crippen molar-refractivity contribution in [2.75, 3.05) is 26.0 Å². The van der Waals surface area contributed by atoms with E-state index in [9.17, 15) is 13.2 Å². The number of methoxy groups -OCH3 is 1. The second-order valence-electron chi connectivity index (χ2n) is 2.72. The van der Waals surface area contributed by atoms with E-state index in [-0.39, 0.29) is 18.7 Å². The van der Waals surface area contributed by atoms with Crippen molar-refractivity contribution in [3.63, 3.8) is 0 Å². The predicted molar refractivity (Wildman–Crippen MR) is 53.3 cm³/mol. The van der Waals surface area contributed by atoms with Crippen molar-refractivity contribution in [3.8, 4) is 0 Å². The number of rotatable bonds is 6. The summed E-state index contributed by atoms with van der Waals surface area (Å²) in [5.74, 6) is -0.336. The van der Waals surface area contributed by atoms with Gasteiger partial charge in [0.25, 0.3) is 0 Å². The Balaban J connectivity index is 4.24. The van der Waals surface area contributed by atoms with Gasteiger partial charge in [0.2, 0.25) is 10.0 Å². The van der Waals surface area contributed by atoms with E-state index in [2.05, 4.69) is 4.74 Å². The minimum Gasteiger partial charge on any atom is -0.469 e. The van der Waals surface area contributed by atoms with Crippen LogP contribution < -0.4 is 0 Å². The fourth-order valence-electron chi connectivity index (χ4n) is 0.995. The van der Waals surface area contributed by atoms with Crippen molar-refractivity contribution >= 4 is 16.0 Å². The van der Waals surface area contributed by atoms with E-state index in [1.165, 1.54) is 11.4 Å². The van der Waals surface area contributed by atoms with Crippen LogP contribution in [0.4, 0.5) is 0 Å². The fraction of sp³-hybridized carbons (Fsp3) is 0.875. The second kappa shape index (κ2) is 5.98. The number of nitrogens with zero attached hydrogens (tertiary/aromatic N) is 1. The SMILES string of the molecule is CCN(CCC(=O)OC)S(=O)(=O)CC. The lowest BCUT2D eigenvalue weighted by molar-refractivity contribution is -0.140. The van der Waals surface area contributed by atoms with Gasteiger partial charge < -0.3 is 4.74 Å². The van der Waals surface area contributed by atoms with Crippen LogP contribution >= 0.6 is 0 Å². The quantitative estimate of drug-likeness (QED) is 0.604. The number of hydrogen-bond donors (Lipinski definition) is 0. The third-order valence-corrected chi connectivity index (χ3v) is 3.86. The molecular weight excluding hydrogens is 206 g/mol. The predicted octanol–water partition coefficient (Wildman–Crippen LogP) is 0.221. The number of carbonyl (C=O) groups is 1. The lowest BCUT2D eigenvalue weighted by Gasteiger charge is -2.18. The van der Waals surface area contributed by atoms with Gasteiger partial charge in [-0.25, -0.2) is 12.7 Å². The summed E-state index contributed by atoms with van der Waals surface area (Å²) < 4.78 is 28.5. The molecule has 5 nitrogen and oxygen atoms in total. The summed E-state index contributed by atoms with van der Waals surface area (Å²) >= 11 is 0. The Kier molecular flexibility index (Phi) is 5.71. The molecule has 0 heterocycles. The van der Waals surface area contributed by atoms with Crippen LogP contribution in [0.3, 0.4) is 0 Å². The minimum absolute atomic E-state index is 0.0576. The van der Waals surface area contributed by atoms with Crippen molar-refractivity contribution < 1.29 is 17.9 Å². The lowest BCUT2D eigenvalue weighted by Crippen LogP contribution is -2.34. The van der Waals surface area contributed by atoms with Gasteiger partial charge >= 0.3 is 5.97 Å². The van der Waals surface area contributed by atoms with E-state index in [1.54, 1.807) is 13.8 Å². The number of carbonyl (C=O) groups excluding carboxylic acids is 1. The van der Waals surface area contributed by atoms with Crippen LogP contribution in [0.25, 0.3) is 0 Å². The third kappa shape index (κ3) is 4.06. The second-order valence-corrected chi connectivity index (χ2v) is 4.98. The van der Waals surface area contributed by atoms with Crippen LogP contribution in [-0.2, 0) is 19.6 Å². The molecule has 0 aromatic heterocycles. The molecule has 0 bridgehead atoms. The molecule has 0 spiro atoms. The maximum Gasteiger partial charge on any atom is 0.306 e. The van der Waals surface area contributed by atoms with Crippen LogP contribution in [0.1, 0.15) is 20.3 Å². The molecule has 0 unspecified atom stereocenters. The Morgan fingerprint density at radius 3 is 2.29 bits per heavy atom. The molecular formula is C8H17NO4S. The van der Waals surface area contributed by atoms with E-state index in [4.69, 9.17) is 0 Å². The maximum atomic E-state index is 11.4. The molecule has 0 aromatic rings. The zero-order chi connectivity index (χ0) is 11.2. The molecule has 0 aliphatic rings. The highest BCUT2D eigenvalue weighted by Gasteiger charge is 2.18. The Morgan fingerprint density at radius 1 is 1.36 bits per heavy atom. The summed E-state index contributed by atoms with van der Waals surface area (Å²) in [6.07, 6.45) is 0.101. The molecule has 0 aliphatic heterocycles. The number of esters is 1. The lowest BCUT2D eigenvalue weighted by atomic mass is 10.4. The van der Waals surface area contributed by atoms with Crippen molar-refractivity contribution in [2.45, 2.75) is 20.3 Å². The average Bonchev–Trinajstić information content (AvgIpc) is 2.18. The van der Waals surface area contributed by atoms with Gasteiger partial charge in [0, 0.05) is 13.1 Å². The molecule has 0 rings (SSSR count). The highest BCUT2D eigenvalue weighted by atomic mass is 32.2. The van der Waals surface area contributed by atoms with Gasteiger partial charge in [-0.15, -0.1) is 0 Å². The summed E-state index contributed by atoms with van der Waals surface area (Å²) in [6, 6.07) is 0. The molecule has 0 radical (unpaired) electrons. The van der Waals surface area contributed by atoms with Crippen molar-refractivity contribution in [3.05, 3.63) is 0 Å². The summed E-state index contributed by atoms with van der Waals surface area (Å²) in [5, 5.41) is 0. The molecule has 84 valence electrons. The first-order valence-electron chi connectivity index (χ1n) is 4.52. The molecule has 0 aromatic carbocycles. The van der Waals surface area contributed by atoms with Crippen LogP contribution in [0.2, 0.25) is 0 Å². The normalized spacial score (nSPS) is 11.7. The Morgan fingerprint density at radius 2 is 1.93 bits per heavy atom. The fourth-order valence-corrected chi connectivity index (χ4v) is 2.12. The first kappa shape index (κ1) is 13.4.